The number of hydrogen-bond donors (Lipinski definition) is 2. The van der Waals surface area contributed by atoms with Crippen molar-refractivity contribution in [3.63, 3.8) is 0 Å². The first-order valence-electron chi connectivity index (χ1n) is 7.38. The Morgan fingerprint density at radius 3 is 2.95 bits per heavy atom. The average Bonchev–Trinajstić information content (AvgIpc) is 2.70. The third-order valence-corrected chi connectivity index (χ3v) is 3.56. The molecule has 2 heterocycles. The smallest absolute Gasteiger partial charge is 0.351 e. The summed E-state index contributed by atoms with van der Waals surface area (Å²) in [6, 6.07) is 1.30. The van der Waals surface area contributed by atoms with Crippen LogP contribution in [0.4, 0.5) is 14.6 Å². The van der Waals surface area contributed by atoms with Gasteiger partial charge >= 0.3 is 5.69 Å². The molecule has 8 heteroatoms. The lowest BCUT2D eigenvalue weighted by molar-refractivity contribution is -0.116. The molecular weight excluding hydrogens is 294 g/mol. The highest BCUT2D eigenvalue weighted by Crippen LogP contribution is 2.41. The normalized spacial score (nSPS) is 24.0. The van der Waals surface area contributed by atoms with Crippen LogP contribution in [0, 0.1) is 5.92 Å². The fraction of sp³-hybridized carbons (Fsp3) is 0.714. The van der Waals surface area contributed by atoms with Crippen molar-refractivity contribution in [1.29, 1.82) is 0 Å². The fourth-order valence-electron chi connectivity index (χ4n) is 2.38. The molecular formula is C14H22F2N4O2. The number of rotatable bonds is 6. The number of hydrogen-bond acceptors (Lipinski definition) is 5. The van der Waals surface area contributed by atoms with Gasteiger partial charge in [-0.1, -0.05) is 13.8 Å². The van der Waals surface area contributed by atoms with E-state index >= 15 is 0 Å². The summed E-state index contributed by atoms with van der Waals surface area (Å²) in [6.07, 6.45) is -0.545. The lowest BCUT2D eigenvalue weighted by Crippen LogP contribution is -2.35. The molecule has 1 fully saturated rings. The Bertz CT molecular complexity index is 562. The van der Waals surface area contributed by atoms with Crippen LogP contribution in [0.2, 0.25) is 0 Å². The SMILES string of the molecule is CC(C)CCNC[C@@H]1CC(F)(F)[C@H](n2ccc(N)nc2=O)O1. The summed E-state index contributed by atoms with van der Waals surface area (Å²) in [4.78, 5) is 15.2. The van der Waals surface area contributed by atoms with Gasteiger partial charge in [0.2, 0.25) is 6.23 Å². The molecule has 6 nitrogen and oxygen atoms in total. The van der Waals surface area contributed by atoms with E-state index in [2.05, 4.69) is 24.1 Å². The van der Waals surface area contributed by atoms with Crippen molar-refractivity contribution in [2.75, 3.05) is 18.8 Å². The van der Waals surface area contributed by atoms with Gasteiger partial charge in [-0.15, -0.1) is 0 Å². The van der Waals surface area contributed by atoms with E-state index in [4.69, 9.17) is 10.5 Å². The van der Waals surface area contributed by atoms with Crippen LogP contribution in [0.5, 0.6) is 0 Å². The van der Waals surface area contributed by atoms with E-state index in [0.29, 0.717) is 12.5 Å². The standard InChI is InChI=1S/C14H22F2N4O2/c1-9(2)3-5-18-8-10-7-14(15,16)12(22-10)20-6-4-11(17)19-13(20)21/h4,6,9-10,12,18H,3,5,7-8H2,1-2H3,(H2,17,19,21)/t10-,12+/m0/s1. The van der Waals surface area contributed by atoms with Gasteiger partial charge in [0.25, 0.3) is 5.92 Å². The summed E-state index contributed by atoms with van der Waals surface area (Å²) >= 11 is 0. The Morgan fingerprint density at radius 2 is 2.32 bits per heavy atom. The van der Waals surface area contributed by atoms with Crippen molar-refractivity contribution in [1.82, 2.24) is 14.9 Å². The lowest BCUT2D eigenvalue weighted by Gasteiger charge is -2.19. The molecule has 2 atom stereocenters. The van der Waals surface area contributed by atoms with Crippen molar-refractivity contribution in [2.24, 2.45) is 5.92 Å². The third kappa shape index (κ3) is 4.01. The largest absolute Gasteiger partial charge is 0.383 e. The van der Waals surface area contributed by atoms with E-state index < -0.39 is 30.4 Å². The van der Waals surface area contributed by atoms with Crippen molar-refractivity contribution in [2.45, 2.75) is 44.9 Å². The number of aromatic nitrogens is 2. The van der Waals surface area contributed by atoms with Gasteiger partial charge in [-0.05, 0) is 24.9 Å². The van der Waals surface area contributed by atoms with Gasteiger partial charge in [0.1, 0.15) is 5.82 Å². The molecule has 0 radical (unpaired) electrons. The summed E-state index contributed by atoms with van der Waals surface area (Å²) in [5.74, 6) is -2.58. The van der Waals surface area contributed by atoms with Crippen LogP contribution < -0.4 is 16.7 Å². The first kappa shape index (κ1) is 16.8. The first-order valence-corrected chi connectivity index (χ1v) is 7.38. The van der Waals surface area contributed by atoms with Gasteiger partial charge in [-0.25, -0.2) is 13.6 Å². The highest BCUT2D eigenvalue weighted by molar-refractivity contribution is 5.23. The predicted octanol–water partition coefficient (Wildman–Crippen LogP) is 1.38. The number of anilines is 1. The summed E-state index contributed by atoms with van der Waals surface area (Å²) in [6.45, 7) is 5.27. The van der Waals surface area contributed by atoms with Crippen molar-refractivity contribution in [3.8, 4) is 0 Å². The second-order valence-corrected chi connectivity index (χ2v) is 6.00. The quantitative estimate of drug-likeness (QED) is 0.775. The van der Waals surface area contributed by atoms with Gasteiger partial charge in [-0.3, -0.25) is 4.57 Å². The summed E-state index contributed by atoms with van der Waals surface area (Å²) in [7, 11) is 0. The molecule has 2 rings (SSSR count). The highest BCUT2D eigenvalue weighted by Gasteiger charge is 2.51. The maximum Gasteiger partial charge on any atom is 0.351 e. The zero-order valence-corrected chi connectivity index (χ0v) is 12.8. The van der Waals surface area contributed by atoms with Crippen LogP contribution in [0.15, 0.2) is 17.1 Å². The molecule has 1 aromatic heterocycles. The molecule has 0 aromatic carbocycles. The average molecular weight is 316 g/mol. The topological polar surface area (TPSA) is 82.2 Å². The lowest BCUT2D eigenvalue weighted by atomic mass is 10.1. The molecule has 0 aliphatic carbocycles. The number of ether oxygens (including phenoxy) is 1. The first-order chi connectivity index (χ1) is 10.3. The van der Waals surface area contributed by atoms with Crippen LogP contribution in [0.3, 0.4) is 0 Å². The number of alkyl halides is 2. The maximum atomic E-state index is 14.1. The number of nitrogens with one attached hydrogen (secondary N) is 1. The van der Waals surface area contributed by atoms with Crippen LogP contribution in [-0.4, -0.2) is 34.7 Å². The van der Waals surface area contributed by atoms with Gasteiger partial charge < -0.3 is 15.8 Å². The minimum absolute atomic E-state index is 0.00512. The van der Waals surface area contributed by atoms with Crippen LogP contribution >= 0.6 is 0 Å². The van der Waals surface area contributed by atoms with E-state index in [0.717, 1.165) is 17.5 Å². The molecule has 0 unspecified atom stereocenters. The second-order valence-electron chi connectivity index (χ2n) is 6.00. The summed E-state index contributed by atoms with van der Waals surface area (Å²) < 4.78 is 34.3. The third-order valence-electron chi connectivity index (χ3n) is 3.56. The monoisotopic (exact) mass is 316 g/mol. The Hall–Kier alpha value is -1.54. The Kier molecular flexibility index (Phi) is 5.12. The van der Waals surface area contributed by atoms with Crippen LogP contribution in [0.25, 0.3) is 0 Å². The molecule has 0 amide bonds. The molecule has 0 bridgehead atoms. The fourth-order valence-corrected chi connectivity index (χ4v) is 2.38. The van der Waals surface area contributed by atoms with Crippen molar-refractivity contribution < 1.29 is 13.5 Å². The number of halogens is 2. The Balaban J connectivity index is 2.00. The molecule has 1 aromatic rings. The molecule has 0 saturated carbocycles. The molecule has 1 aliphatic rings. The molecule has 3 N–H and O–H groups in total. The van der Waals surface area contributed by atoms with Crippen molar-refractivity contribution in [3.05, 3.63) is 22.7 Å². The van der Waals surface area contributed by atoms with Gasteiger partial charge in [0.05, 0.1) is 6.10 Å². The van der Waals surface area contributed by atoms with Gasteiger partial charge in [-0.2, -0.15) is 4.98 Å². The zero-order chi connectivity index (χ0) is 16.3. The molecule has 22 heavy (non-hydrogen) atoms. The van der Waals surface area contributed by atoms with E-state index in [9.17, 15) is 13.6 Å². The Morgan fingerprint density at radius 1 is 1.59 bits per heavy atom. The second kappa shape index (κ2) is 6.70. The number of nitrogens with zero attached hydrogens (tertiary/aromatic N) is 2. The predicted molar refractivity (Wildman–Crippen MR) is 78.7 cm³/mol. The van der Waals surface area contributed by atoms with Gasteiger partial charge in [0, 0.05) is 19.2 Å². The summed E-state index contributed by atoms with van der Waals surface area (Å²) in [5.41, 5.74) is 4.53. The Labute approximate surface area is 127 Å². The zero-order valence-electron chi connectivity index (χ0n) is 12.8. The van der Waals surface area contributed by atoms with Gasteiger partial charge in [0.15, 0.2) is 0 Å². The minimum Gasteiger partial charge on any atom is -0.383 e. The maximum absolute atomic E-state index is 14.1. The van der Waals surface area contributed by atoms with Crippen LogP contribution in [-0.2, 0) is 4.74 Å². The number of nitrogens with two attached hydrogens (primary N) is 1. The number of nitrogen functional groups attached to an aromatic ring is 1. The van der Waals surface area contributed by atoms with Crippen LogP contribution in [0.1, 0.15) is 32.9 Å². The highest BCUT2D eigenvalue weighted by atomic mass is 19.3. The van der Waals surface area contributed by atoms with E-state index in [1.165, 1.54) is 12.3 Å². The van der Waals surface area contributed by atoms with E-state index in [1.807, 2.05) is 0 Å². The van der Waals surface area contributed by atoms with E-state index in [1.54, 1.807) is 0 Å². The molecule has 0 spiro atoms. The molecule has 124 valence electrons. The minimum atomic E-state index is -3.12. The van der Waals surface area contributed by atoms with Crippen molar-refractivity contribution >= 4 is 5.82 Å². The summed E-state index contributed by atoms with van der Waals surface area (Å²) in [5, 5.41) is 3.11. The van der Waals surface area contributed by atoms with E-state index in [-0.39, 0.29) is 5.82 Å². The molecule has 1 saturated heterocycles. The molecule has 1 aliphatic heterocycles.